The number of halogens is 3. The van der Waals surface area contributed by atoms with E-state index in [0.29, 0.717) is 12.2 Å². The number of likely N-dealkylation sites (N-methyl/N-ethyl adjacent to an activating group) is 1. The highest BCUT2D eigenvalue weighted by Gasteiger charge is 2.58. The molecule has 1 fully saturated rings. The van der Waals surface area contributed by atoms with E-state index in [1.165, 1.54) is 31.3 Å². The van der Waals surface area contributed by atoms with Crippen LogP contribution in [0.15, 0.2) is 42.6 Å². The fourth-order valence-electron chi connectivity index (χ4n) is 3.34. The van der Waals surface area contributed by atoms with Crippen LogP contribution in [0, 0.1) is 0 Å². The van der Waals surface area contributed by atoms with Gasteiger partial charge in [-0.3, -0.25) is 9.69 Å². The molecular formula is C19H20F3N3O4. The van der Waals surface area contributed by atoms with Crippen molar-refractivity contribution in [3.8, 4) is 5.75 Å². The number of benzene rings is 1. The summed E-state index contributed by atoms with van der Waals surface area (Å²) >= 11 is 0. The number of methoxy groups -OCH3 is 1. The minimum atomic E-state index is -5.20. The zero-order valence-electron chi connectivity index (χ0n) is 15.8. The van der Waals surface area contributed by atoms with Gasteiger partial charge >= 0.3 is 12.1 Å². The van der Waals surface area contributed by atoms with Gasteiger partial charge in [-0.2, -0.15) is 13.2 Å². The van der Waals surface area contributed by atoms with Crippen LogP contribution in [0.4, 0.5) is 13.2 Å². The molecular weight excluding hydrogens is 391 g/mol. The van der Waals surface area contributed by atoms with E-state index in [1.54, 1.807) is 30.3 Å². The summed E-state index contributed by atoms with van der Waals surface area (Å²) in [4.78, 5) is 29.5. The Labute approximate surface area is 165 Å². The van der Waals surface area contributed by atoms with Gasteiger partial charge in [0.15, 0.2) is 0 Å². The monoisotopic (exact) mass is 411 g/mol. The molecule has 0 aliphatic carbocycles. The third-order valence-electron chi connectivity index (χ3n) is 4.76. The molecule has 1 aliphatic heterocycles. The number of hydrogen-bond donors (Lipinski definition) is 1. The first-order chi connectivity index (χ1) is 13.7. The molecule has 1 saturated heterocycles. The normalized spacial score (nSPS) is 20.2. The van der Waals surface area contributed by atoms with Crippen molar-refractivity contribution in [2.24, 2.45) is 0 Å². The van der Waals surface area contributed by atoms with E-state index in [4.69, 9.17) is 9.47 Å². The molecule has 3 rings (SSSR count). The number of aromatic nitrogens is 1. The molecule has 7 nitrogen and oxygen atoms in total. The summed E-state index contributed by atoms with van der Waals surface area (Å²) in [6, 6.07) is 10.1. The Morgan fingerprint density at radius 1 is 1.24 bits per heavy atom. The van der Waals surface area contributed by atoms with Gasteiger partial charge < -0.3 is 14.5 Å². The van der Waals surface area contributed by atoms with Crippen LogP contribution in [0.3, 0.4) is 0 Å². The van der Waals surface area contributed by atoms with E-state index >= 15 is 0 Å². The zero-order chi connectivity index (χ0) is 21.2. The number of aromatic amines is 1. The zero-order valence-corrected chi connectivity index (χ0v) is 15.8. The van der Waals surface area contributed by atoms with Gasteiger partial charge in [0.25, 0.3) is 5.85 Å². The molecule has 0 radical (unpaired) electrons. The quantitative estimate of drug-likeness (QED) is 0.739. The Bertz CT molecular complexity index is 868. The number of H-pyrrole nitrogens is 1. The number of alkyl halides is 3. The lowest BCUT2D eigenvalue weighted by Gasteiger charge is -2.40. The molecule has 2 aromatic rings. The van der Waals surface area contributed by atoms with E-state index in [0.717, 1.165) is 10.5 Å². The lowest BCUT2D eigenvalue weighted by molar-refractivity contribution is -0.253. The molecule has 2 heterocycles. The van der Waals surface area contributed by atoms with Crippen molar-refractivity contribution in [3.05, 3.63) is 53.9 Å². The molecule has 0 bridgehead atoms. The van der Waals surface area contributed by atoms with Crippen LogP contribution >= 0.6 is 0 Å². The third-order valence-corrected chi connectivity index (χ3v) is 4.76. The molecule has 1 aromatic carbocycles. The molecule has 1 unspecified atom stereocenters. The highest BCUT2D eigenvalue weighted by molar-refractivity contribution is 5.83. The lowest BCUT2D eigenvalue weighted by atomic mass is 10.1. The van der Waals surface area contributed by atoms with Crippen molar-refractivity contribution in [2.45, 2.75) is 18.4 Å². The van der Waals surface area contributed by atoms with Gasteiger partial charge in [0.2, 0.25) is 5.91 Å². The SMILES string of the molecule is COc1ccc(CCN2C(=O)CN(C)C2(OC(=O)C(F)(F)F)c2ccc[nH]2)cc1. The van der Waals surface area contributed by atoms with Gasteiger partial charge in [0, 0.05) is 12.7 Å². The van der Waals surface area contributed by atoms with E-state index in [9.17, 15) is 22.8 Å². The number of nitrogens with zero attached hydrogens (tertiary/aromatic N) is 2. The fourth-order valence-corrected chi connectivity index (χ4v) is 3.34. The molecule has 29 heavy (non-hydrogen) atoms. The van der Waals surface area contributed by atoms with Gasteiger partial charge in [-0.1, -0.05) is 12.1 Å². The van der Waals surface area contributed by atoms with Gasteiger partial charge in [0.05, 0.1) is 19.3 Å². The second-order valence-electron chi connectivity index (χ2n) is 6.58. The van der Waals surface area contributed by atoms with Crippen LogP contribution in [-0.2, 0) is 26.6 Å². The van der Waals surface area contributed by atoms with Crippen LogP contribution in [0.1, 0.15) is 11.3 Å². The maximum Gasteiger partial charge on any atom is 0.491 e. The molecule has 1 atom stereocenters. The Hall–Kier alpha value is -3.01. The number of hydrogen-bond acceptors (Lipinski definition) is 5. The van der Waals surface area contributed by atoms with E-state index in [-0.39, 0.29) is 18.8 Å². The summed E-state index contributed by atoms with van der Waals surface area (Å²) in [5, 5.41) is 0. The molecule has 1 amide bonds. The summed E-state index contributed by atoms with van der Waals surface area (Å²) in [6.45, 7) is -0.160. The predicted octanol–water partition coefficient (Wildman–Crippen LogP) is 2.26. The van der Waals surface area contributed by atoms with Crippen molar-refractivity contribution in [3.63, 3.8) is 0 Å². The molecule has 10 heteroatoms. The van der Waals surface area contributed by atoms with E-state index in [2.05, 4.69) is 4.98 Å². The average Bonchev–Trinajstić information content (AvgIpc) is 3.28. The first-order valence-corrected chi connectivity index (χ1v) is 8.77. The fraction of sp³-hybridized carbons (Fsp3) is 0.368. The number of carbonyl (C=O) groups excluding carboxylic acids is 2. The van der Waals surface area contributed by atoms with Crippen LogP contribution in [0.25, 0.3) is 0 Å². The maximum absolute atomic E-state index is 13.0. The smallest absolute Gasteiger partial charge is 0.491 e. The minimum Gasteiger partial charge on any atom is -0.497 e. The summed E-state index contributed by atoms with van der Waals surface area (Å²) in [5.41, 5.74) is 0.994. The minimum absolute atomic E-state index is 0.0413. The summed E-state index contributed by atoms with van der Waals surface area (Å²) in [7, 11) is 2.96. The standard InChI is InChI=1S/C19H20F3N3O4/c1-24-12-16(26)25(11-9-13-5-7-14(28-2)8-6-13)19(24,15-4-3-10-23-15)29-17(27)18(20,21)22/h3-8,10,23H,9,11-12H2,1-2H3. The second-order valence-corrected chi connectivity index (χ2v) is 6.58. The molecule has 1 aromatic heterocycles. The topological polar surface area (TPSA) is 74.9 Å². The van der Waals surface area contributed by atoms with Gasteiger partial charge in [-0.05, 0) is 43.3 Å². The lowest BCUT2D eigenvalue weighted by Crippen LogP contribution is -2.55. The van der Waals surface area contributed by atoms with Crippen LogP contribution < -0.4 is 4.74 Å². The average molecular weight is 411 g/mol. The number of amides is 1. The number of rotatable bonds is 6. The van der Waals surface area contributed by atoms with Crippen molar-refractivity contribution in [1.82, 2.24) is 14.8 Å². The Kier molecular flexibility index (Phi) is 5.56. The maximum atomic E-state index is 13.0. The van der Waals surface area contributed by atoms with Crippen molar-refractivity contribution < 1.29 is 32.2 Å². The van der Waals surface area contributed by atoms with E-state index in [1.807, 2.05) is 0 Å². The molecule has 1 N–H and O–H groups in total. The number of carbonyl (C=O) groups is 2. The van der Waals surface area contributed by atoms with Crippen molar-refractivity contribution in [1.29, 1.82) is 0 Å². The largest absolute Gasteiger partial charge is 0.497 e. The number of nitrogens with one attached hydrogen (secondary N) is 1. The van der Waals surface area contributed by atoms with Crippen LogP contribution in [0.5, 0.6) is 5.75 Å². The Balaban J connectivity index is 1.92. The predicted molar refractivity (Wildman–Crippen MR) is 95.7 cm³/mol. The number of esters is 1. The Morgan fingerprint density at radius 2 is 1.93 bits per heavy atom. The Morgan fingerprint density at radius 3 is 2.48 bits per heavy atom. The highest BCUT2D eigenvalue weighted by atomic mass is 19.4. The van der Waals surface area contributed by atoms with Gasteiger partial charge in [-0.15, -0.1) is 0 Å². The molecule has 0 saturated carbocycles. The first kappa shape index (κ1) is 20.7. The van der Waals surface area contributed by atoms with E-state index < -0.39 is 23.9 Å². The molecule has 1 aliphatic rings. The van der Waals surface area contributed by atoms with Crippen molar-refractivity contribution in [2.75, 3.05) is 27.2 Å². The van der Waals surface area contributed by atoms with Crippen molar-refractivity contribution >= 4 is 11.9 Å². The molecule has 0 spiro atoms. The third kappa shape index (κ3) is 3.93. The summed E-state index contributed by atoms with van der Waals surface area (Å²) in [5.74, 6) is -4.18. The van der Waals surface area contributed by atoms with Gasteiger partial charge in [-0.25, -0.2) is 9.69 Å². The number of ether oxygens (including phenoxy) is 2. The molecule has 156 valence electrons. The highest BCUT2D eigenvalue weighted by Crippen LogP contribution is 2.39. The summed E-state index contributed by atoms with van der Waals surface area (Å²) in [6.07, 6.45) is -3.37. The van der Waals surface area contributed by atoms with Crippen LogP contribution in [0.2, 0.25) is 0 Å². The second kappa shape index (κ2) is 7.78. The van der Waals surface area contributed by atoms with Gasteiger partial charge in [0.1, 0.15) is 5.75 Å². The van der Waals surface area contributed by atoms with Crippen LogP contribution in [-0.4, -0.2) is 60.1 Å². The summed E-state index contributed by atoms with van der Waals surface area (Å²) < 4.78 is 48.9. The first-order valence-electron chi connectivity index (χ1n) is 8.77.